The number of hydrogen-bond donors (Lipinski definition) is 2. The summed E-state index contributed by atoms with van der Waals surface area (Å²) in [5.41, 5.74) is -0.516. The number of nitrogens with zero attached hydrogens (tertiary/aromatic N) is 3. The molecule has 1 aromatic heterocycles. The molecule has 1 aromatic carbocycles. The van der Waals surface area contributed by atoms with Gasteiger partial charge in [-0.15, -0.1) is 0 Å². The second-order valence-corrected chi connectivity index (χ2v) is 17.3. The quantitative estimate of drug-likeness (QED) is 0.276. The Labute approximate surface area is 313 Å². The number of benzene rings is 1. The lowest BCUT2D eigenvalue weighted by Crippen LogP contribution is -2.57. The van der Waals surface area contributed by atoms with Crippen LogP contribution in [0.4, 0.5) is 0 Å². The summed E-state index contributed by atoms with van der Waals surface area (Å²) in [6.45, 7) is -0.0299. The van der Waals surface area contributed by atoms with Crippen molar-refractivity contribution in [2.24, 2.45) is 11.8 Å². The molecule has 3 aliphatic carbocycles. The lowest BCUT2D eigenvalue weighted by molar-refractivity contribution is -0.154. The van der Waals surface area contributed by atoms with E-state index < -0.39 is 68.5 Å². The van der Waals surface area contributed by atoms with Crippen LogP contribution in [0, 0.1) is 11.8 Å². The van der Waals surface area contributed by atoms with E-state index in [2.05, 4.69) is 20.0 Å². The molecule has 5 atom stereocenters. The summed E-state index contributed by atoms with van der Waals surface area (Å²) in [6, 6.07) is 4.03. The van der Waals surface area contributed by atoms with Gasteiger partial charge in [-0.05, 0) is 76.3 Å². The molecule has 1 saturated heterocycles. The van der Waals surface area contributed by atoms with Gasteiger partial charge >= 0.3 is 5.97 Å². The molecule has 16 heteroatoms. The predicted octanol–water partition coefficient (Wildman–Crippen LogP) is 4.14. The lowest BCUT2D eigenvalue weighted by atomic mass is 9.95. The highest BCUT2D eigenvalue weighted by atomic mass is 35.5. The Kier molecular flexibility index (Phi) is 10.9. The number of sulfonamides is 1. The number of halogens is 1. The molecule has 2 N–H and O–H groups in total. The summed E-state index contributed by atoms with van der Waals surface area (Å²) in [5.74, 6) is -2.85. The van der Waals surface area contributed by atoms with Crippen molar-refractivity contribution in [2.75, 3.05) is 13.7 Å². The Morgan fingerprint density at radius 3 is 2.55 bits per heavy atom. The Hall–Kier alpha value is -3.98. The van der Waals surface area contributed by atoms with Gasteiger partial charge in [0, 0.05) is 24.3 Å². The number of ether oxygens (including phenoxy) is 3. The molecule has 3 amide bonds. The van der Waals surface area contributed by atoms with E-state index in [0.29, 0.717) is 48.9 Å². The van der Waals surface area contributed by atoms with Gasteiger partial charge in [0.1, 0.15) is 29.5 Å². The number of aromatic nitrogens is 2. The smallest absolute Gasteiger partial charge is 0.306 e. The highest BCUT2D eigenvalue weighted by Gasteiger charge is 2.62. The van der Waals surface area contributed by atoms with Gasteiger partial charge in [0.2, 0.25) is 21.8 Å². The van der Waals surface area contributed by atoms with Crippen molar-refractivity contribution in [2.45, 2.75) is 119 Å². The van der Waals surface area contributed by atoms with Gasteiger partial charge in [0.15, 0.2) is 5.15 Å². The van der Waals surface area contributed by atoms with Crippen LogP contribution >= 0.6 is 11.6 Å². The number of esters is 1. The van der Waals surface area contributed by atoms with E-state index >= 15 is 0 Å². The Bertz CT molecular complexity index is 1900. The summed E-state index contributed by atoms with van der Waals surface area (Å²) in [6.07, 6.45) is 11.0. The molecule has 14 nitrogen and oxygen atoms in total. The number of fused-ring (bicyclic) bond motifs is 3. The van der Waals surface area contributed by atoms with Crippen molar-refractivity contribution in [3.8, 4) is 11.6 Å². The summed E-state index contributed by atoms with van der Waals surface area (Å²) in [7, 11) is -2.36. The third-order valence-corrected chi connectivity index (χ3v) is 13.1. The molecule has 7 rings (SSSR count). The molecule has 0 radical (unpaired) electrons. The highest BCUT2D eigenvalue weighted by molar-refractivity contribution is 7.91. The SMILES string of the molecule is COc1ccc2nc(Cl)c(O[C@@H]3C[C@H]4C(=O)N[C@]5(C(=O)NS(=O)(=O)C6CC6)C[C@H]5/C=C\CCCCC[C@H](CC(=O)OC5CCCC5)C(=O)N4C3)nc2c1. The Morgan fingerprint density at radius 2 is 1.79 bits per heavy atom. The minimum atomic E-state index is -3.89. The van der Waals surface area contributed by atoms with E-state index in [0.717, 1.165) is 38.5 Å². The van der Waals surface area contributed by atoms with Crippen LogP contribution in [0.3, 0.4) is 0 Å². The van der Waals surface area contributed by atoms with Crippen LogP contribution < -0.4 is 19.5 Å². The van der Waals surface area contributed by atoms with Gasteiger partial charge in [0.25, 0.3) is 11.8 Å². The van der Waals surface area contributed by atoms with Crippen molar-refractivity contribution >= 4 is 56.3 Å². The van der Waals surface area contributed by atoms with Gasteiger partial charge in [-0.25, -0.2) is 18.4 Å². The van der Waals surface area contributed by atoms with Gasteiger partial charge in [-0.2, -0.15) is 0 Å². The molecular formula is C37H46ClN5O9S. The fourth-order valence-electron chi connectivity index (χ4n) is 7.78. The third kappa shape index (κ3) is 8.40. The van der Waals surface area contributed by atoms with E-state index in [1.807, 2.05) is 12.2 Å². The van der Waals surface area contributed by atoms with Gasteiger partial charge in [0.05, 0.1) is 36.4 Å². The molecule has 2 aromatic rings. The van der Waals surface area contributed by atoms with Crippen LogP contribution in [0.5, 0.6) is 11.6 Å². The molecule has 0 spiro atoms. The second-order valence-electron chi connectivity index (χ2n) is 15.0. The maximum absolute atomic E-state index is 14.5. The number of carbonyl (C=O) groups is 4. The third-order valence-electron chi connectivity index (χ3n) is 11.0. The topological polar surface area (TPSA) is 183 Å². The molecule has 3 heterocycles. The summed E-state index contributed by atoms with van der Waals surface area (Å²) < 4.78 is 45.2. The molecule has 0 bridgehead atoms. The first kappa shape index (κ1) is 37.3. The van der Waals surface area contributed by atoms with Gasteiger partial charge in [-0.1, -0.05) is 36.6 Å². The Morgan fingerprint density at radius 1 is 1.02 bits per heavy atom. The predicted molar refractivity (Wildman–Crippen MR) is 193 cm³/mol. The zero-order valence-corrected chi connectivity index (χ0v) is 31.3. The van der Waals surface area contributed by atoms with Crippen molar-refractivity contribution < 1.29 is 41.8 Å². The van der Waals surface area contributed by atoms with Crippen LogP contribution in [0.15, 0.2) is 30.4 Å². The van der Waals surface area contributed by atoms with Crippen molar-refractivity contribution in [3.63, 3.8) is 0 Å². The van der Waals surface area contributed by atoms with E-state index in [1.54, 1.807) is 18.2 Å². The normalized spacial score (nSPS) is 28.9. The lowest BCUT2D eigenvalue weighted by Gasteiger charge is -2.29. The van der Waals surface area contributed by atoms with Crippen LogP contribution in [-0.2, 0) is 33.9 Å². The average Bonchev–Trinajstić information content (AvgIpc) is 4.00. The number of carbonyl (C=O) groups excluding carboxylic acids is 4. The maximum Gasteiger partial charge on any atom is 0.306 e. The van der Waals surface area contributed by atoms with Crippen LogP contribution in [0.25, 0.3) is 11.0 Å². The van der Waals surface area contributed by atoms with Crippen LogP contribution in [0.2, 0.25) is 5.15 Å². The van der Waals surface area contributed by atoms with E-state index in [4.69, 9.17) is 25.8 Å². The molecule has 0 unspecified atom stereocenters. The molecule has 4 fully saturated rings. The highest BCUT2D eigenvalue weighted by Crippen LogP contribution is 2.46. The first-order valence-electron chi connectivity index (χ1n) is 18.7. The zero-order chi connectivity index (χ0) is 37.3. The van der Waals surface area contributed by atoms with E-state index in [-0.39, 0.29) is 42.9 Å². The number of methoxy groups -OCH3 is 1. The first-order valence-corrected chi connectivity index (χ1v) is 20.6. The zero-order valence-electron chi connectivity index (χ0n) is 29.8. The molecule has 3 saturated carbocycles. The maximum atomic E-state index is 14.5. The van der Waals surface area contributed by atoms with Crippen molar-refractivity contribution in [3.05, 3.63) is 35.5 Å². The molecule has 53 heavy (non-hydrogen) atoms. The standard InChI is InChI=1S/C37H46ClN5O9S/c1-50-25-13-16-28-29(18-25)40-34(32(38)39-28)52-26-19-30-33(45)41-37(36(47)42-53(48,49)27-14-15-27)20-23(37)10-6-4-2-3-5-9-22(35(46)43(30)21-26)17-31(44)51-24-11-7-8-12-24/h6,10,13,16,18,22-24,26-27,30H,2-5,7-9,11-12,14-15,17,19-21H2,1H3,(H,41,45)(H,42,47)/b10-6-/t22-,23-,26-,30+,37-/m1/s1. The van der Waals surface area contributed by atoms with E-state index in [9.17, 15) is 27.6 Å². The fourth-order valence-corrected chi connectivity index (χ4v) is 9.32. The number of nitrogens with one attached hydrogen (secondary N) is 2. The molecule has 286 valence electrons. The molecule has 5 aliphatic rings. The minimum Gasteiger partial charge on any atom is -0.497 e. The summed E-state index contributed by atoms with van der Waals surface area (Å²) >= 11 is 6.51. The summed E-state index contributed by atoms with van der Waals surface area (Å²) in [5, 5.41) is 2.24. The monoisotopic (exact) mass is 771 g/mol. The van der Waals surface area contributed by atoms with Crippen LogP contribution in [0.1, 0.15) is 89.9 Å². The Balaban J connectivity index is 1.17. The number of hydrogen-bond acceptors (Lipinski definition) is 11. The van der Waals surface area contributed by atoms with Gasteiger partial charge in [-0.3, -0.25) is 23.9 Å². The number of allylic oxidation sites excluding steroid dienone is 1. The second kappa shape index (κ2) is 15.4. The minimum absolute atomic E-state index is 0.00413. The molecular weight excluding hydrogens is 726 g/mol. The van der Waals surface area contributed by atoms with Gasteiger partial charge < -0.3 is 24.4 Å². The van der Waals surface area contributed by atoms with Crippen LogP contribution in [-0.4, -0.2) is 89.7 Å². The first-order chi connectivity index (χ1) is 25.5. The van der Waals surface area contributed by atoms with E-state index in [1.165, 1.54) is 12.0 Å². The molecule has 2 aliphatic heterocycles. The number of amides is 3. The largest absolute Gasteiger partial charge is 0.497 e. The number of rotatable bonds is 9. The van der Waals surface area contributed by atoms with Crippen molar-refractivity contribution in [1.29, 1.82) is 0 Å². The fraction of sp³-hybridized carbons (Fsp3) is 0.622. The average molecular weight is 772 g/mol. The summed E-state index contributed by atoms with van der Waals surface area (Å²) in [4.78, 5) is 66.1. The van der Waals surface area contributed by atoms with Crippen molar-refractivity contribution in [1.82, 2.24) is 24.9 Å².